The topological polar surface area (TPSA) is 105 Å². The van der Waals surface area contributed by atoms with Crippen molar-refractivity contribution >= 4 is 29.5 Å². The third-order valence-electron chi connectivity index (χ3n) is 5.16. The maximum absolute atomic E-state index is 12.6. The normalized spacial score (nSPS) is 18.6. The van der Waals surface area contributed by atoms with Gasteiger partial charge in [-0.25, -0.2) is 4.79 Å². The van der Waals surface area contributed by atoms with Crippen LogP contribution in [-0.2, 0) is 19.1 Å². The van der Waals surface area contributed by atoms with Gasteiger partial charge < -0.3 is 15.4 Å². The van der Waals surface area contributed by atoms with Gasteiger partial charge in [0.05, 0.1) is 0 Å². The molecule has 0 bridgehead atoms. The van der Waals surface area contributed by atoms with E-state index in [0.717, 1.165) is 28.0 Å². The van der Waals surface area contributed by atoms with Crippen molar-refractivity contribution in [3.8, 4) is 0 Å². The number of hydrogen-bond donors (Lipinski definition) is 2. The smallest absolute Gasteiger partial charge is 0.326 e. The third-order valence-corrected chi connectivity index (χ3v) is 5.16. The van der Waals surface area contributed by atoms with Crippen molar-refractivity contribution in [3.63, 3.8) is 0 Å². The van der Waals surface area contributed by atoms with Crippen molar-refractivity contribution < 1.29 is 23.9 Å². The zero-order valence-electron chi connectivity index (χ0n) is 18.5. The second-order valence-corrected chi connectivity index (χ2v) is 8.57. The van der Waals surface area contributed by atoms with Crippen LogP contribution in [0.1, 0.15) is 50.3 Å². The SMILES string of the molecule is Cc1cc(C)c(NC(=O)COC(=O)CN2C(=O)N[C@](C)(CCC(C)C)C2=O)c(C)c1. The standard InChI is InChI=1S/C22H31N3O5/c1-13(2)7-8-22(6)20(28)25(21(29)24-22)11-18(27)30-12-17(26)23-19-15(4)9-14(3)10-16(19)5/h9-10,13H,7-8,11-12H2,1-6H3,(H,23,26)(H,24,29)/t22-/m1/s1. The van der Waals surface area contributed by atoms with E-state index in [0.29, 0.717) is 18.0 Å². The van der Waals surface area contributed by atoms with Crippen LogP contribution in [0.2, 0.25) is 0 Å². The van der Waals surface area contributed by atoms with E-state index < -0.39 is 42.5 Å². The lowest BCUT2D eigenvalue weighted by molar-refractivity contribution is -0.150. The summed E-state index contributed by atoms with van der Waals surface area (Å²) in [6, 6.07) is 3.27. The van der Waals surface area contributed by atoms with Gasteiger partial charge in [0.2, 0.25) is 0 Å². The van der Waals surface area contributed by atoms with Crippen LogP contribution in [0, 0.1) is 26.7 Å². The molecule has 0 aliphatic carbocycles. The first kappa shape index (κ1) is 23.4. The monoisotopic (exact) mass is 417 g/mol. The summed E-state index contributed by atoms with van der Waals surface area (Å²) >= 11 is 0. The molecule has 164 valence electrons. The predicted molar refractivity (Wildman–Crippen MR) is 113 cm³/mol. The number of carbonyl (C=O) groups excluding carboxylic acids is 4. The molecule has 0 saturated carbocycles. The molecule has 4 amide bonds. The Bertz CT molecular complexity index is 841. The number of amides is 4. The van der Waals surface area contributed by atoms with Crippen LogP contribution in [0.15, 0.2) is 12.1 Å². The number of imide groups is 1. The number of nitrogens with zero attached hydrogens (tertiary/aromatic N) is 1. The van der Waals surface area contributed by atoms with Gasteiger partial charge in [0.1, 0.15) is 12.1 Å². The highest BCUT2D eigenvalue weighted by Gasteiger charge is 2.48. The Kier molecular flexibility index (Phi) is 7.23. The fraction of sp³-hybridized carbons (Fsp3) is 0.545. The number of ether oxygens (including phenoxy) is 1. The van der Waals surface area contributed by atoms with E-state index in [2.05, 4.69) is 10.6 Å². The van der Waals surface area contributed by atoms with Gasteiger partial charge in [0, 0.05) is 5.69 Å². The fourth-order valence-corrected chi connectivity index (χ4v) is 3.51. The highest BCUT2D eigenvalue weighted by atomic mass is 16.5. The number of rotatable bonds is 8. The zero-order valence-corrected chi connectivity index (χ0v) is 18.5. The van der Waals surface area contributed by atoms with Gasteiger partial charge in [-0.05, 0) is 57.6 Å². The van der Waals surface area contributed by atoms with E-state index in [4.69, 9.17) is 4.74 Å². The molecule has 1 saturated heterocycles. The van der Waals surface area contributed by atoms with E-state index in [1.807, 2.05) is 46.8 Å². The molecule has 0 unspecified atom stereocenters. The zero-order chi connectivity index (χ0) is 22.6. The Morgan fingerprint density at radius 3 is 2.33 bits per heavy atom. The number of carbonyl (C=O) groups is 4. The summed E-state index contributed by atoms with van der Waals surface area (Å²) in [7, 11) is 0. The summed E-state index contributed by atoms with van der Waals surface area (Å²) in [5, 5.41) is 5.39. The second kappa shape index (κ2) is 9.28. The molecule has 8 heteroatoms. The maximum atomic E-state index is 12.6. The number of urea groups is 1. The molecule has 1 heterocycles. The molecule has 1 fully saturated rings. The number of nitrogens with one attached hydrogen (secondary N) is 2. The number of aryl methyl sites for hydroxylation is 3. The molecule has 1 atom stereocenters. The average Bonchev–Trinajstić information content (AvgIpc) is 2.85. The molecule has 1 aromatic carbocycles. The number of esters is 1. The Hall–Kier alpha value is -2.90. The minimum atomic E-state index is -1.03. The van der Waals surface area contributed by atoms with Gasteiger partial charge in [0.25, 0.3) is 11.8 Å². The Morgan fingerprint density at radius 2 is 1.77 bits per heavy atom. The summed E-state index contributed by atoms with van der Waals surface area (Å²) in [5.74, 6) is -1.39. The number of benzene rings is 1. The Balaban J connectivity index is 1.89. The lowest BCUT2D eigenvalue weighted by Crippen LogP contribution is -2.44. The van der Waals surface area contributed by atoms with Gasteiger partial charge in [-0.2, -0.15) is 0 Å². The minimum Gasteiger partial charge on any atom is -0.454 e. The van der Waals surface area contributed by atoms with Crippen LogP contribution in [0.25, 0.3) is 0 Å². The van der Waals surface area contributed by atoms with Crippen molar-refractivity contribution in [3.05, 3.63) is 28.8 Å². The molecule has 0 spiro atoms. The Labute approximate surface area is 177 Å². The summed E-state index contributed by atoms with van der Waals surface area (Å²) < 4.78 is 4.98. The van der Waals surface area contributed by atoms with Crippen LogP contribution in [0.3, 0.4) is 0 Å². The van der Waals surface area contributed by atoms with Crippen molar-refractivity contribution in [2.75, 3.05) is 18.5 Å². The lowest BCUT2D eigenvalue weighted by atomic mass is 9.92. The quantitative estimate of drug-likeness (QED) is 0.500. The number of anilines is 1. The summed E-state index contributed by atoms with van der Waals surface area (Å²) in [4.78, 5) is 49.9. The molecule has 1 aliphatic heterocycles. The van der Waals surface area contributed by atoms with E-state index in [9.17, 15) is 19.2 Å². The lowest BCUT2D eigenvalue weighted by Gasteiger charge is -2.22. The summed E-state index contributed by atoms with van der Waals surface area (Å²) in [6.45, 7) is 10.4. The van der Waals surface area contributed by atoms with Gasteiger partial charge in [-0.3, -0.25) is 19.3 Å². The van der Waals surface area contributed by atoms with E-state index >= 15 is 0 Å². The van der Waals surface area contributed by atoms with Crippen molar-refractivity contribution in [2.24, 2.45) is 5.92 Å². The largest absolute Gasteiger partial charge is 0.454 e. The highest BCUT2D eigenvalue weighted by Crippen LogP contribution is 2.25. The molecule has 1 aliphatic rings. The van der Waals surface area contributed by atoms with Gasteiger partial charge in [-0.1, -0.05) is 31.5 Å². The van der Waals surface area contributed by atoms with Crippen LogP contribution in [-0.4, -0.2) is 47.4 Å². The van der Waals surface area contributed by atoms with Gasteiger partial charge in [-0.15, -0.1) is 0 Å². The van der Waals surface area contributed by atoms with E-state index in [1.165, 1.54) is 0 Å². The van der Waals surface area contributed by atoms with Crippen LogP contribution in [0.4, 0.5) is 10.5 Å². The van der Waals surface area contributed by atoms with Crippen molar-refractivity contribution in [2.45, 2.75) is 59.9 Å². The molecular weight excluding hydrogens is 386 g/mol. The average molecular weight is 418 g/mol. The molecule has 1 aromatic rings. The fourth-order valence-electron chi connectivity index (χ4n) is 3.51. The first-order valence-electron chi connectivity index (χ1n) is 10.1. The maximum Gasteiger partial charge on any atom is 0.326 e. The first-order valence-corrected chi connectivity index (χ1v) is 10.1. The van der Waals surface area contributed by atoms with Crippen molar-refractivity contribution in [1.82, 2.24) is 10.2 Å². The molecule has 0 aromatic heterocycles. The third kappa shape index (κ3) is 5.58. The van der Waals surface area contributed by atoms with Gasteiger partial charge >= 0.3 is 12.0 Å². The second-order valence-electron chi connectivity index (χ2n) is 8.57. The van der Waals surface area contributed by atoms with Crippen LogP contribution < -0.4 is 10.6 Å². The highest BCUT2D eigenvalue weighted by molar-refractivity contribution is 6.08. The molecule has 0 radical (unpaired) electrons. The first-order chi connectivity index (χ1) is 13.9. The Morgan fingerprint density at radius 1 is 1.17 bits per heavy atom. The molecule has 2 N–H and O–H groups in total. The van der Waals surface area contributed by atoms with E-state index in [-0.39, 0.29) is 0 Å². The van der Waals surface area contributed by atoms with Crippen LogP contribution in [0.5, 0.6) is 0 Å². The minimum absolute atomic E-state index is 0.379. The van der Waals surface area contributed by atoms with E-state index in [1.54, 1.807) is 6.92 Å². The molecule has 30 heavy (non-hydrogen) atoms. The molecular formula is C22H31N3O5. The molecule has 8 nitrogen and oxygen atoms in total. The summed E-state index contributed by atoms with van der Waals surface area (Å²) in [6.07, 6.45) is 1.25. The van der Waals surface area contributed by atoms with Crippen molar-refractivity contribution in [1.29, 1.82) is 0 Å². The molecule has 2 rings (SSSR count). The van der Waals surface area contributed by atoms with Crippen LogP contribution >= 0.6 is 0 Å². The van der Waals surface area contributed by atoms with Gasteiger partial charge in [0.15, 0.2) is 6.61 Å². The summed E-state index contributed by atoms with van der Waals surface area (Å²) in [5.41, 5.74) is 2.55. The predicted octanol–water partition coefficient (Wildman–Crippen LogP) is 2.84. The number of hydrogen-bond acceptors (Lipinski definition) is 5.